The molecule has 0 fully saturated rings. The molecule has 0 aromatic rings. The van der Waals surface area contributed by atoms with Crippen molar-refractivity contribution in [2.75, 3.05) is 7.11 Å². The lowest BCUT2D eigenvalue weighted by Gasteiger charge is -2.46. The van der Waals surface area contributed by atoms with Crippen LogP contribution in [0.1, 0.15) is 6.92 Å². The topological polar surface area (TPSA) is 9.23 Å². The molecular weight excluding hydrogens is 340 g/mol. The van der Waals surface area contributed by atoms with Gasteiger partial charge >= 0.3 is 30.1 Å². The van der Waals surface area contributed by atoms with Crippen LogP contribution >= 0.6 is 0 Å². The fourth-order valence-electron chi connectivity index (χ4n) is 1.46. The molecule has 13 heteroatoms. The largest absolute Gasteiger partial charge is 0.456 e. The second-order valence-corrected chi connectivity index (χ2v) is 3.96. The Hall–Kier alpha value is -0.880. The molecule has 128 valence electrons. The molecule has 0 aromatic heterocycles. The summed E-state index contributed by atoms with van der Waals surface area (Å²) in [5.41, 5.74) is -12.6. The Morgan fingerprint density at radius 2 is 0.857 bits per heavy atom. The van der Waals surface area contributed by atoms with E-state index in [1.54, 1.807) is 0 Å². The predicted molar refractivity (Wildman–Crippen MR) is 42.4 cm³/mol. The highest BCUT2D eigenvalue weighted by molar-refractivity contribution is 5.16. The normalized spacial score (nSPS) is 18.6. The Morgan fingerprint density at radius 1 is 0.571 bits per heavy atom. The summed E-state index contributed by atoms with van der Waals surface area (Å²) in [6, 6.07) is 0. The molecule has 0 saturated heterocycles. The predicted octanol–water partition coefficient (Wildman–Crippen LogP) is 4.42. The van der Waals surface area contributed by atoms with Crippen LogP contribution in [0.2, 0.25) is 0 Å². The molecule has 1 nitrogen and oxygen atoms in total. The summed E-state index contributed by atoms with van der Waals surface area (Å²) in [6.45, 7) is -0.957. The first-order valence-corrected chi connectivity index (χ1v) is 4.63. The van der Waals surface area contributed by atoms with Gasteiger partial charge < -0.3 is 4.74 Å². The van der Waals surface area contributed by atoms with Crippen molar-refractivity contribution in [3.63, 3.8) is 0 Å². The maximum Gasteiger partial charge on any atom is 0.456 e. The van der Waals surface area contributed by atoms with Gasteiger partial charge in [-0.05, 0) is 6.92 Å². The highest BCUT2D eigenvalue weighted by Crippen LogP contribution is 2.60. The Balaban J connectivity index is 6.60. The molecule has 1 atom stereocenters. The van der Waals surface area contributed by atoms with E-state index in [2.05, 4.69) is 4.74 Å². The number of hydrogen-bond donors (Lipinski definition) is 0. The zero-order chi connectivity index (χ0) is 17.7. The van der Waals surface area contributed by atoms with E-state index in [9.17, 15) is 52.7 Å². The van der Waals surface area contributed by atoms with Crippen molar-refractivity contribution < 1.29 is 57.4 Å². The Bertz CT molecular complexity index is 362. The Kier molecular flexibility index (Phi) is 4.61. The van der Waals surface area contributed by atoms with Gasteiger partial charge in [0, 0.05) is 7.11 Å². The van der Waals surface area contributed by atoms with Crippen molar-refractivity contribution >= 4 is 0 Å². The minimum absolute atomic E-state index is 0.328. The molecule has 1 unspecified atom stereocenters. The smallest absolute Gasteiger partial charge is 0.368 e. The third-order valence-corrected chi connectivity index (χ3v) is 2.80. The number of halogens is 12. The third-order valence-electron chi connectivity index (χ3n) is 2.80. The van der Waals surface area contributed by atoms with Crippen LogP contribution in [0.5, 0.6) is 0 Å². The average molecular weight is 346 g/mol. The minimum atomic E-state index is -7.15. The summed E-state index contributed by atoms with van der Waals surface area (Å²) >= 11 is 0. The summed E-state index contributed by atoms with van der Waals surface area (Å²) in [7, 11) is -0.328. The maximum atomic E-state index is 13.5. The van der Waals surface area contributed by atoms with E-state index in [4.69, 9.17) is 0 Å². The first kappa shape index (κ1) is 20.1. The van der Waals surface area contributed by atoms with Crippen molar-refractivity contribution in [3.8, 4) is 0 Å². The van der Waals surface area contributed by atoms with E-state index in [0.717, 1.165) is 0 Å². The molecule has 0 aliphatic rings. The van der Waals surface area contributed by atoms with Crippen molar-refractivity contribution in [1.29, 1.82) is 0 Å². The van der Waals surface area contributed by atoms with Crippen LogP contribution in [-0.2, 0) is 4.74 Å². The van der Waals surface area contributed by atoms with E-state index in [1.807, 2.05) is 0 Å². The highest BCUT2D eigenvalue weighted by atomic mass is 19.4. The van der Waals surface area contributed by atoms with Crippen molar-refractivity contribution in [2.45, 2.75) is 42.6 Å². The molecule has 0 spiro atoms. The summed E-state index contributed by atoms with van der Waals surface area (Å²) < 4.78 is 153. The molecule has 0 aliphatic carbocycles. The van der Waals surface area contributed by atoms with Gasteiger partial charge in [0.2, 0.25) is 0 Å². The molecule has 0 aliphatic heterocycles. The number of rotatable bonds is 3. The maximum absolute atomic E-state index is 13.5. The van der Waals surface area contributed by atoms with Crippen LogP contribution in [0.15, 0.2) is 0 Å². The lowest BCUT2D eigenvalue weighted by Crippen LogP contribution is -2.76. The molecular formula is C8H6F12O. The molecule has 0 amide bonds. The molecule has 0 aromatic carbocycles. The van der Waals surface area contributed by atoms with E-state index in [-0.39, 0.29) is 7.11 Å². The average Bonchev–Trinajstić information content (AvgIpc) is 2.21. The second-order valence-electron chi connectivity index (χ2n) is 3.96. The molecule has 0 rings (SSSR count). The summed E-state index contributed by atoms with van der Waals surface area (Å²) in [6.07, 6.45) is -21.2. The van der Waals surface area contributed by atoms with Crippen molar-refractivity contribution in [2.24, 2.45) is 0 Å². The van der Waals surface area contributed by atoms with Gasteiger partial charge in [-0.15, -0.1) is 0 Å². The molecule has 21 heavy (non-hydrogen) atoms. The van der Waals surface area contributed by atoms with Gasteiger partial charge in [0.15, 0.2) is 5.60 Å². The lowest BCUT2D eigenvalue weighted by atomic mass is 9.78. The van der Waals surface area contributed by atoms with Crippen LogP contribution in [0.3, 0.4) is 0 Å². The lowest BCUT2D eigenvalue weighted by molar-refractivity contribution is -0.442. The van der Waals surface area contributed by atoms with E-state index in [1.165, 1.54) is 0 Å². The number of methoxy groups -OCH3 is 1. The molecule has 0 N–H and O–H groups in total. The summed E-state index contributed by atoms with van der Waals surface area (Å²) in [4.78, 5) is 0. The highest BCUT2D eigenvalue weighted by Gasteiger charge is 2.90. The zero-order valence-corrected chi connectivity index (χ0v) is 9.94. The van der Waals surface area contributed by atoms with Gasteiger partial charge in [-0.25, -0.2) is 4.39 Å². The molecule has 0 heterocycles. The number of alkyl halides is 12. The van der Waals surface area contributed by atoms with E-state index < -0.39 is 42.6 Å². The van der Waals surface area contributed by atoms with E-state index in [0.29, 0.717) is 0 Å². The van der Waals surface area contributed by atoms with Gasteiger partial charge in [-0.3, -0.25) is 0 Å². The Morgan fingerprint density at radius 3 is 1.00 bits per heavy atom. The van der Waals surface area contributed by atoms with E-state index >= 15 is 0 Å². The first-order valence-electron chi connectivity index (χ1n) is 4.63. The SMILES string of the molecule is COC(C)(C(F)(F)C(F)(F)F)C(F)(C(F)(F)F)C(F)(F)F. The Labute approximate surface area is 108 Å². The van der Waals surface area contributed by atoms with Crippen molar-refractivity contribution in [3.05, 3.63) is 0 Å². The summed E-state index contributed by atoms with van der Waals surface area (Å²) in [5.74, 6) is -6.80. The fourth-order valence-corrected chi connectivity index (χ4v) is 1.46. The minimum Gasteiger partial charge on any atom is -0.368 e. The van der Waals surface area contributed by atoms with Crippen molar-refractivity contribution in [1.82, 2.24) is 0 Å². The molecule has 0 radical (unpaired) electrons. The quantitative estimate of drug-likeness (QED) is 0.688. The van der Waals surface area contributed by atoms with Crippen LogP contribution in [-0.4, -0.2) is 42.8 Å². The van der Waals surface area contributed by atoms with Gasteiger partial charge in [0.05, 0.1) is 0 Å². The van der Waals surface area contributed by atoms with Crippen LogP contribution in [0, 0.1) is 0 Å². The van der Waals surface area contributed by atoms with Crippen LogP contribution in [0.4, 0.5) is 52.7 Å². The molecule has 0 saturated carbocycles. The fraction of sp³-hybridized carbons (Fsp3) is 1.00. The van der Waals surface area contributed by atoms with Gasteiger partial charge in [0.1, 0.15) is 0 Å². The molecule has 0 bridgehead atoms. The van der Waals surface area contributed by atoms with Crippen LogP contribution in [0.25, 0.3) is 0 Å². The summed E-state index contributed by atoms with van der Waals surface area (Å²) in [5, 5.41) is 0. The number of ether oxygens (including phenoxy) is 1. The number of hydrogen-bond acceptors (Lipinski definition) is 1. The van der Waals surface area contributed by atoms with Gasteiger partial charge in [-0.1, -0.05) is 0 Å². The van der Waals surface area contributed by atoms with Gasteiger partial charge in [0.25, 0.3) is 0 Å². The van der Waals surface area contributed by atoms with Gasteiger partial charge in [-0.2, -0.15) is 48.3 Å². The second kappa shape index (κ2) is 4.81. The zero-order valence-electron chi connectivity index (χ0n) is 9.94. The van der Waals surface area contributed by atoms with Crippen LogP contribution < -0.4 is 0 Å². The standard InChI is InChI=1S/C8H6F12O/c1-3(21-2,5(10,11)8(18,19)20)4(9,6(12,13)14)7(15,16)17/h1-2H3. The third kappa shape index (κ3) is 2.52. The first-order chi connectivity index (χ1) is 8.81. The monoisotopic (exact) mass is 346 g/mol.